The molecule has 1 N–H and O–H groups in total. The Morgan fingerprint density at radius 2 is 1.32 bits per heavy atom. The van der Waals surface area contributed by atoms with Gasteiger partial charge in [0, 0.05) is 5.69 Å². The Hall–Kier alpha value is -4.99. The Balaban J connectivity index is 0.00000191. The second kappa shape index (κ2) is 20.0. The average molecular weight is 545 g/mol. The van der Waals surface area contributed by atoms with E-state index in [9.17, 15) is 9.59 Å². The van der Waals surface area contributed by atoms with Crippen LogP contribution in [0, 0.1) is 0 Å². The SMILES string of the molecule is CC.CC.CO/C=C(/N=Nc1ccccc1)OC=Nc1ccc(NC(=O)C(N=Nc2ccccc2)C(C)=O)cc1. The summed E-state index contributed by atoms with van der Waals surface area (Å²) in [6.45, 7) is 9.29. The number of hydrogen-bond donors (Lipinski definition) is 1. The molecule has 3 aromatic rings. The molecule has 1 atom stereocenters. The quantitative estimate of drug-likeness (QED) is 0.0855. The molecular formula is C30H36N6O4. The molecular weight excluding hydrogens is 508 g/mol. The van der Waals surface area contributed by atoms with E-state index in [0.29, 0.717) is 22.7 Å². The number of Topliss-reactive ketones (excluding diaryl/α,β-unsaturated/α-hetero) is 1. The van der Waals surface area contributed by atoms with Gasteiger partial charge >= 0.3 is 0 Å². The lowest BCUT2D eigenvalue weighted by molar-refractivity contribution is -0.126. The van der Waals surface area contributed by atoms with E-state index in [1.165, 1.54) is 26.7 Å². The number of rotatable bonds is 11. The summed E-state index contributed by atoms with van der Waals surface area (Å²) in [7, 11) is 1.46. The van der Waals surface area contributed by atoms with Crippen LogP contribution in [0.15, 0.2) is 123 Å². The number of ketones is 1. The molecule has 0 aliphatic rings. The van der Waals surface area contributed by atoms with Crippen molar-refractivity contribution < 1.29 is 19.1 Å². The number of aliphatic imine (C=N–C) groups is 1. The van der Waals surface area contributed by atoms with Crippen molar-refractivity contribution in [2.75, 3.05) is 12.4 Å². The summed E-state index contributed by atoms with van der Waals surface area (Å²) in [4.78, 5) is 28.7. The summed E-state index contributed by atoms with van der Waals surface area (Å²) < 4.78 is 10.3. The van der Waals surface area contributed by atoms with Gasteiger partial charge in [-0.05, 0) is 55.5 Å². The van der Waals surface area contributed by atoms with Crippen LogP contribution in [0.25, 0.3) is 0 Å². The number of methoxy groups -OCH3 is 1. The lowest BCUT2D eigenvalue weighted by atomic mass is 10.2. The monoisotopic (exact) mass is 544 g/mol. The van der Waals surface area contributed by atoms with Crippen molar-refractivity contribution in [1.29, 1.82) is 0 Å². The van der Waals surface area contributed by atoms with Crippen molar-refractivity contribution in [2.45, 2.75) is 40.7 Å². The normalized spacial score (nSPS) is 11.7. The molecule has 210 valence electrons. The number of nitrogens with one attached hydrogen (secondary N) is 1. The molecule has 0 spiro atoms. The van der Waals surface area contributed by atoms with E-state index in [2.05, 4.69) is 30.8 Å². The number of ether oxygens (including phenoxy) is 2. The molecule has 1 unspecified atom stereocenters. The Morgan fingerprint density at radius 1 is 0.775 bits per heavy atom. The van der Waals surface area contributed by atoms with Gasteiger partial charge in [0.25, 0.3) is 11.8 Å². The van der Waals surface area contributed by atoms with E-state index < -0.39 is 17.7 Å². The third-order valence-electron chi connectivity index (χ3n) is 4.43. The topological polar surface area (TPSA) is 126 Å². The molecule has 0 radical (unpaired) electrons. The highest BCUT2D eigenvalue weighted by Gasteiger charge is 2.23. The molecule has 0 fully saturated rings. The van der Waals surface area contributed by atoms with E-state index in [1.54, 1.807) is 60.7 Å². The zero-order chi connectivity index (χ0) is 29.6. The Labute approximate surface area is 235 Å². The first-order valence-corrected chi connectivity index (χ1v) is 12.8. The summed E-state index contributed by atoms with van der Waals surface area (Å²) in [5.41, 5.74) is 2.23. The molecule has 0 bridgehead atoms. The van der Waals surface area contributed by atoms with Gasteiger partial charge in [-0.1, -0.05) is 64.1 Å². The van der Waals surface area contributed by atoms with Crippen LogP contribution in [0.1, 0.15) is 34.6 Å². The van der Waals surface area contributed by atoms with Crippen molar-refractivity contribution >= 4 is 40.8 Å². The lowest BCUT2D eigenvalue weighted by Gasteiger charge is -2.09. The van der Waals surface area contributed by atoms with Crippen molar-refractivity contribution in [3.05, 3.63) is 97.1 Å². The minimum atomic E-state index is -1.26. The number of benzene rings is 3. The highest BCUT2D eigenvalue weighted by atomic mass is 16.5. The molecule has 3 aromatic carbocycles. The van der Waals surface area contributed by atoms with Gasteiger partial charge in [0.15, 0.2) is 12.2 Å². The molecule has 0 aliphatic carbocycles. The highest BCUT2D eigenvalue weighted by molar-refractivity contribution is 6.10. The molecule has 0 aromatic heterocycles. The predicted octanol–water partition coefficient (Wildman–Crippen LogP) is 8.32. The fourth-order valence-corrected chi connectivity index (χ4v) is 2.70. The van der Waals surface area contributed by atoms with Crippen LogP contribution in [0.2, 0.25) is 0 Å². The second-order valence-corrected chi connectivity index (χ2v) is 7.18. The number of hydrogen-bond acceptors (Lipinski definition) is 9. The number of azo groups is 2. The fourth-order valence-electron chi connectivity index (χ4n) is 2.70. The van der Waals surface area contributed by atoms with Gasteiger partial charge in [-0.25, -0.2) is 4.99 Å². The first-order chi connectivity index (χ1) is 19.5. The summed E-state index contributed by atoms with van der Waals surface area (Å²) in [5, 5.41) is 18.6. The molecule has 10 heteroatoms. The standard InChI is InChI=1S/C26H24N6O4.2C2H6/c1-19(33)25(32-30-23-11-7-4-8-12-23)26(34)28-21-15-13-20(14-16-21)27-18-36-24(17-35-2)31-29-22-9-5-3-6-10-22;2*1-2/h3-18,25H,1-2H3,(H,28,34);2*1-2H3/b24-17-,27-18?,31-29?,32-30?;;. The zero-order valence-corrected chi connectivity index (χ0v) is 23.7. The number of amides is 1. The van der Waals surface area contributed by atoms with Crippen LogP contribution in [-0.4, -0.2) is 31.2 Å². The van der Waals surface area contributed by atoms with Crippen LogP contribution >= 0.6 is 0 Å². The molecule has 10 nitrogen and oxygen atoms in total. The number of anilines is 1. The van der Waals surface area contributed by atoms with Crippen LogP contribution in [0.3, 0.4) is 0 Å². The Morgan fingerprint density at radius 3 is 1.85 bits per heavy atom. The molecule has 1 amide bonds. The summed E-state index contributed by atoms with van der Waals surface area (Å²) in [6.07, 6.45) is 2.48. The number of carbonyl (C=O) groups excluding carboxylic acids is 2. The smallest absolute Gasteiger partial charge is 0.274 e. The van der Waals surface area contributed by atoms with Crippen molar-refractivity contribution in [2.24, 2.45) is 25.4 Å². The fraction of sp³-hybridized carbons (Fsp3) is 0.233. The van der Waals surface area contributed by atoms with Crippen molar-refractivity contribution in [1.82, 2.24) is 0 Å². The van der Waals surface area contributed by atoms with Gasteiger partial charge in [0.1, 0.15) is 6.26 Å². The second-order valence-electron chi connectivity index (χ2n) is 7.18. The summed E-state index contributed by atoms with van der Waals surface area (Å²) >= 11 is 0. The molecule has 0 heterocycles. The van der Waals surface area contributed by atoms with E-state index in [0.717, 1.165) is 0 Å². The van der Waals surface area contributed by atoms with Crippen LogP contribution in [-0.2, 0) is 19.1 Å². The molecule has 3 rings (SSSR count). The Bertz CT molecular complexity index is 1260. The minimum absolute atomic E-state index is 0.105. The highest BCUT2D eigenvalue weighted by Crippen LogP contribution is 2.18. The van der Waals surface area contributed by atoms with E-state index in [1.807, 2.05) is 52.0 Å². The van der Waals surface area contributed by atoms with Crippen LogP contribution in [0.4, 0.5) is 22.7 Å². The number of carbonyl (C=O) groups is 2. The number of nitrogens with zero attached hydrogens (tertiary/aromatic N) is 5. The maximum atomic E-state index is 12.6. The van der Waals surface area contributed by atoms with Gasteiger partial charge in [-0.15, -0.1) is 10.2 Å². The van der Waals surface area contributed by atoms with Crippen LogP contribution < -0.4 is 5.32 Å². The van der Waals surface area contributed by atoms with Crippen molar-refractivity contribution in [3.63, 3.8) is 0 Å². The van der Waals surface area contributed by atoms with Gasteiger partial charge < -0.3 is 14.8 Å². The zero-order valence-electron chi connectivity index (χ0n) is 23.7. The molecule has 0 saturated heterocycles. The van der Waals surface area contributed by atoms with Gasteiger partial charge in [0.2, 0.25) is 6.04 Å². The van der Waals surface area contributed by atoms with Crippen LogP contribution in [0.5, 0.6) is 0 Å². The lowest BCUT2D eigenvalue weighted by Crippen LogP contribution is -2.31. The molecule has 40 heavy (non-hydrogen) atoms. The third-order valence-corrected chi connectivity index (χ3v) is 4.43. The minimum Gasteiger partial charge on any atom is -0.499 e. The average Bonchev–Trinajstić information content (AvgIpc) is 3.00. The first kappa shape index (κ1) is 33.0. The maximum absolute atomic E-state index is 12.6. The summed E-state index contributed by atoms with van der Waals surface area (Å²) in [6, 6.07) is 23.4. The first-order valence-electron chi connectivity index (χ1n) is 12.8. The molecule has 0 aliphatic heterocycles. The molecule has 0 saturated carbocycles. The van der Waals surface area contributed by atoms with Crippen molar-refractivity contribution in [3.8, 4) is 0 Å². The maximum Gasteiger partial charge on any atom is 0.274 e. The third kappa shape index (κ3) is 12.5. The van der Waals surface area contributed by atoms with E-state index >= 15 is 0 Å². The largest absolute Gasteiger partial charge is 0.499 e. The van der Waals surface area contributed by atoms with E-state index in [4.69, 9.17) is 9.47 Å². The Kier molecular flexibility index (Phi) is 16.5. The van der Waals surface area contributed by atoms with Gasteiger partial charge in [0.05, 0.1) is 24.2 Å². The van der Waals surface area contributed by atoms with Gasteiger partial charge in [-0.2, -0.15) is 10.2 Å². The van der Waals surface area contributed by atoms with E-state index in [-0.39, 0.29) is 5.88 Å². The summed E-state index contributed by atoms with van der Waals surface area (Å²) in [5.74, 6) is -0.899. The van der Waals surface area contributed by atoms with Gasteiger partial charge in [-0.3, -0.25) is 9.59 Å². The predicted molar refractivity (Wildman–Crippen MR) is 158 cm³/mol.